The van der Waals surface area contributed by atoms with Gasteiger partial charge in [0.25, 0.3) is 0 Å². The Kier molecular flexibility index (Phi) is 7.09. The number of amides is 2. The Morgan fingerprint density at radius 2 is 2.06 bits per heavy atom. The van der Waals surface area contributed by atoms with Crippen LogP contribution in [0, 0.1) is 0 Å². The van der Waals surface area contributed by atoms with E-state index in [2.05, 4.69) is 16.9 Å². The van der Waals surface area contributed by atoms with Gasteiger partial charge in [0.1, 0.15) is 11.0 Å². The average Bonchev–Trinajstić information content (AvgIpc) is 2.76. The molecule has 0 aliphatic carbocycles. The van der Waals surface area contributed by atoms with Crippen LogP contribution in [0.25, 0.3) is 0 Å². The molecule has 1 saturated heterocycles. The maximum Gasteiger partial charge on any atom is 0.335 e. The second-order valence-corrected chi connectivity index (χ2v) is 7.74. The Balaban J connectivity index is 1.81. The van der Waals surface area contributed by atoms with Crippen LogP contribution in [0.1, 0.15) is 16.8 Å². The van der Waals surface area contributed by atoms with E-state index in [1.807, 2.05) is 0 Å². The SMILES string of the molecule is C=CCN1C(=O)C[C@H](C(=O)Nc2ccc(C(=O)O)cc2)SC1=Nc1cccc(OC)c1. The minimum absolute atomic E-state index is 0.00861. The minimum atomic E-state index is -1.05. The Bertz CT molecular complexity index is 1040. The van der Waals surface area contributed by atoms with Crippen LogP contribution in [0.5, 0.6) is 5.75 Å². The van der Waals surface area contributed by atoms with Crippen molar-refractivity contribution in [2.45, 2.75) is 11.7 Å². The summed E-state index contributed by atoms with van der Waals surface area (Å²) >= 11 is 1.19. The Hall–Kier alpha value is -3.59. The van der Waals surface area contributed by atoms with E-state index in [1.54, 1.807) is 37.5 Å². The summed E-state index contributed by atoms with van der Waals surface area (Å²) in [5.74, 6) is -1.02. The number of benzene rings is 2. The molecule has 2 aromatic rings. The highest BCUT2D eigenvalue weighted by atomic mass is 32.2. The standard InChI is InChI=1S/C22H21N3O5S/c1-3-11-25-19(26)13-18(20(27)23-15-9-7-14(8-10-15)21(28)29)31-22(25)24-16-5-4-6-17(12-16)30-2/h3-10,12,18H,1,11,13H2,2H3,(H,23,27)(H,28,29)/t18-/m1/s1. The molecule has 0 unspecified atom stereocenters. The fourth-order valence-corrected chi connectivity index (χ4v) is 3.97. The van der Waals surface area contributed by atoms with E-state index in [-0.39, 0.29) is 30.3 Å². The zero-order valence-electron chi connectivity index (χ0n) is 16.8. The molecule has 160 valence electrons. The first-order valence-corrected chi connectivity index (χ1v) is 10.2. The molecule has 0 radical (unpaired) electrons. The fourth-order valence-electron chi connectivity index (χ4n) is 2.86. The number of aliphatic imine (C=N–C) groups is 1. The van der Waals surface area contributed by atoms with Gasteiger partial charge in [-0.2, -0.15) is 0 Å². The van der Waals surface area contributed by atoms with Crippen LogP contribution in [-0.2, 0) is 9.59 Å². The van der Waals surface area contributed by atoms with Gasteiger partial charge in [-0.15, -0.1) is 6.58 Å². The zero-order chi connectivity index (χ0) is 22.4. The summed E-state index contributed by atoms with van der Waals surface area (Å²) in [7, 11) is 1.55. The summed E-state index contributed by atoms with van der Waals surface area (Å²) in [5, 5.41) is 11.4. The summed E-state index contributed by atoms with van der Waals surface area (Å²) in [6, 6.07) is 12.9. The number of hydrogen-bond donors (Lipinski definition) is 2. The van der Waals surface area contributed by atoms with Crippen molar-refractivity contribution < 1.29 is 24.2 Å². The zero-order valence-corrected chi connectivity index (χ0v) is 17.6. The smallest absolute Gasteiger partial charge is 0.335 e. The van der Waals surface area contributed by atoms with Crippen LogP contribution < -0.4 is 10.1 Å². The van der Waals surface area contributed by atoms with E-state index in [4.69, 9.17) is 9.84 Å². The van der Waals surface area contributed by atoms with Crippen molar-refractivity contribution >= 4 is 46.1 Å². The van der Waals surface area contributed by atoms with Gasteiger partial charge in [0, 0.05) is 24.7 Å². The van der Waals surface area contributed by atoms with Gasteiger partial charge in [-0.05, 0) is 36.4 Å². The second-order valence-electron chi connectivity index (χ2n) is 6.57. The summed E-state index contributed by atoms with van der Waals surface area (Å²) in [4.78, 5) is 42.5. The number of amidine groups is 1. The van der Waals surface area contributed by atoms with Crippen molar-refractivity contribution in [3.05, 3.63) is 66.7 Å². The monoisotopic (exact) mass is 439 g/mol. The number of methoxy groups -OCH3 is 1. The molecule has 2 N–H and O–H groups in total. The predicted octanol–water partition coefficient (Wildman–Crippen LogP) is 3.54. The molecule has 8 nitrogen and oxygen atoms in total. The number of rotatable bonds is 7. The lowest BCUT2D eigenvalue weighted by Crippen LogP contribution is -2.45. The minimum Gasteiger partial charge on any atom is -0.497 e. The highest BCUT2D eigenvalue weighted by Crippen LogP contribution is 2.30. The molecule has 0 bridgehead atoms. The molecule has 1 heterocycles. The van der Waals surface area contributed by atoms with Crippen LogP contribution in [0.15, 0.2) is 66.2 Å². The van der Waals surface area contributed by atoms with E-state index in [0.717, 1.165) is 0 Å². The Labute approximate surface area is 183 Å². The van der Waals surface area contributed by atoms with E-state index in [1.165, 1.54) is 40.9 Å². The maximum atomic E-state index is 12.8. The molecule has 0 saturated carbocycles. The van der Waals surface area contributed by atoms with Crippen LogP contribution >= 0.6 is 11.8 Å². The number of carboxylic acid groups (broad SMARTS) is 1. The predicted molar refractivity (Wildman–Crippen MR) is 120 cm³/mol. The Morgan fingerprint density at radius 1 is 1.32 bits per heavy atom. The van der Waals surface area contributed by atoms with Gasteiger partial charge in [-0.1, -0.05) is 23.9 Å². The molecule has 1 fully saturated rings. The van der Waals surface area contributed by atoms with Gasteiger partial charge in [0.05, 0.1) is 18.4 Å². The molecule has 1 aliphatic heterocycles. The first-order chi connectivity index (χ1) is 14.9. The van der Waals surface area contributed by atoms with Gasteiger partial charge in [0.2, 0.25) is 11.8 Å². The number of carbonyl (C=O) groups is 3. The summed E-state index contributed by atoms with van der Waals surface area (Å²) < 4.78 is 5.21. The molecular formula is C22H21N3O5S. The van der Waals surface area contributed by atoms with E-state index in [9.17, 15) is 14.4 Å². The summed E-state index contributed by atoms with van der Waals surface area (Å²) in [5.41, 5.74) is 1.16. The first kappa shape index (κ1) is 22.1. The van der Waals surface area contributed by atoms with Crippen molar-refractivity contribution in [3.63, 3.8) is 0 Å². The van der Waals surface area contributed by atoms with E-state index < -0.39 is 11.2 Å². The molecule has 31 heavy (non-hydrogen) atoms. The number of hydrogen-bond acceptors (Lipinski definition) is 6. The maximum absolute atomic E-state index is 12.8. The summed E-state index contributed by atoms with van der Waals surface area (Å²) in [6.45, 7) is 3.97. The number of carboxylic acids is 1. The lowest BCUT2D eigenvalue weighted by molar-refractivity contribution is -0.129. The lowest BCUT2D eigenvalue weighted by atomic mass is 10.2. The first-order valence-electron chi connectivity index (χ1n) is 9.36. The quantitative estimate of drug-likeness (QED) is 0.639. The van der Waals surface area contributed by atoms with Crippen molar-refractivity contribution in [3.8, 4) is 5.75 Å². The van der Waals surface area contributed by atoms with Crippen molar-refractivity contribution in [1.82, 2.24) is 4.90 Å². The van der Waals surface area contributed by atoms with Crippen LogP contribution in [-0.4, -0.2) is 51.9 Å². The lowest BCUT2D eigenvalue weighted by Gasteiger charge is -2.31. The van der Waals surface area contributed by atoms with Crippen LogP contribution in [0.3, 0.4) is 0 Å². The van der Waals surface area contributed by atoms with Gasteiger partial charge in [0.15, 0.2) is 5.17 Å². The molecule has 2 aromatic carbocycles. The fraction of sp³-hybridized carbons (Fsp3) is 0.182. The summed E-state index contributed by atoms with van der Waals surface area (Å²) in [6.07, 6.45) is 1.61. The second kappa shape index (κ2) is 9.94. The normalized spacial score (nSPS) is 17.3. The molecule has 0 aromatic heterocycles. The molecule has 2 amide bonds. The molecule has 1 atom stereocenters. The van der Waals surface area contributed by atoms with Gasteiger partial charge >= 0.3 is 5.97 Å². The number of aromatic carboxylic acids is 1. The highest BCUT2D eigenvalue weighted by molar-refractivity contribution is 8.15. The highest BCUT2D eigenvalue weighted by Gasteiger charge is 2.35. The Morgan fingerprint density at radius 3 is 2.71 bits per heavy atom. The van der Waals surface area contributed by atoms with E-state index >= 15 is 0 Å². The number of anilines is 1. The average molecular weight is 439 g/mol. The number of thioether (sulfide) groups is 1. The van der Waals surface area contributed by atoms with Crippen molar-refractivity contribution in [2.75, 3.05) is 19.0 Å². The van der Waals surface area contributed by atoms with Gasteiger partial charge < -0.3 is 15.2 Å². The molecular weight excluding hydrogens is 418 g/mol. The van der Waals surface area contributed by atoms with Crippen molar-refractivity contribution in [1.29, 1.82) is 0 Å². The van der Waals surface area contributed by atoms with Gasteiger partial charge in [-0.3, -0.25) is 14.5 Å². The third-order valence-electron chi connectivity index (χ3n) is 4.42. The number of nitrogens with zero attached hydrogens (tertiary/aromatic N) is 2. The third-order valence-corrected chi connectivity index (χ3v) is 5.61. The van der Waals surface area contributed by atoms with E-state index in [0.29, 0.717) is 22.3 Å². The largest absolute Gasteiger partial charge is 0.497 e. The van der Waals surface area contributed by atoms with Crippen molar-refractivity contribution in [2.24, 2.45) is 4.99 Å². The molecule has 1 aliphatic rings. The molecule has 9 heteroatoms. The third kappa shape index (κ3) is 5.52. The molecule has 3 rings (SSSR count). The van der Waals surface area contributed by atoms with Crippen LogP contribution in [0.4, 0.5) is 11.4 Å². The number of ether oxygens (including phenoxy) is 1. The number of carbonyl (C=O) groups excluding carboxylic acids is 2. The molecule has 0 spiro atoms. The number of nitrogens with one attached hydrogen (secondary N) is 1. The van der Waals surface area contributed by atoms with Gasteiger partial charge in [-0.25, -0.2) is 9.79 Å². The topological polar surface area (TPSA) is 108 Å². The van der Waals surface area contributed by atoms with Crippen LogP contribution in [0.2, 0.25) is 0 Å².